The van der Waals surface area contributed by atoms with E-state index in [1.807, 2.05) is 0 Å². The summed E-state index contributed by atoms with van der Waals surface area (Å²) >= 11 is 0. The minimum atomic E-state index is -1.20. The van der Waals surface area contributed by atoms with Crippen molar-refractivity contribution in [3.8, 4) is 5.75 Å². The van der Waals surface area contributed by atoms with Gasteiger partial charge in [-0.15, -0.1) is 0 Å². The van der Waals surface area contributed by atoms with Crippen molar-refractivity contribution in [2.45, 2.75) is 38.6 Å². The lowest BCUT2D eigenvalue weighted by Gasteiger charge is -2.18. The second kappa shape index (κ2) is 6.52. The number of benzene rings is 1. The average molecular weight is 269 g/mol. The van der Waals surface area contributed by atoms with Gasteiger partial charge in [0.25, 0.3) is 0 Å². The van der Waals surface area contributed by atoms with Crippen LogP contribution < -0.4 is 10.5 Å². The van der Waals surface area contributed by atoms with Gasteiger partial charge in [-0.25, -0.2) is 4.39 Å². The molecule has 5 heteroatoms. The van der Waals surface area contributed by atoms with Gasteiger partial charge in [0.15, 0.2) is 0 Å². The summed E-state index contributed by atoms with van der Waals surface area (Å²) in [6, 6.07) is 4.72. The molecule has 0 saturated heterocycles. The van der Waals surface area contributed by atoms with Crippen LogP contribution in [0.15, 0.2) is 18.2 Å². The quantitative estimate of drug-likeness (QED) is 0.746. The molecule has 0 aromatic heterocycles. The van der Waals surface area contributed by atoms with Crippen LogP contribution in [0.1, 0.15) is 31.7 Å². The molecule has 0 heterocycles. The van der Waals surface area contributed by atoms with Crippen molar-refractivity contribution in [1.29, 1.82) is 0 Å². The van der Waals surface area contributed by atoms with E-state index in [1.165, 1.54) is 13.0 Å². The van der Waals surface area contributed by atoms with E-state index >= 15 is 0 Å². The smallest absolute Gasteiger partial charge is 0.323 e. The van der Waals surface area contributed by atoms with Crippen LogP contribution in [-0.4, -0.2) is 23.2 Å². The Bertz CT molecular complexity index is 446. The summed E-state index contributed by atoms with van der Waals surface area (Å²) in [5, 5.41) is 8.83. The standard InChI is InChI=1S/C14H20FNO3/c1-10-5-6-11(9-12(10)15)19-8-4-3-7-14(2,16)13(17)18/h5-6,9H,3-4,7-8,16H2,1-2H3,(H,17,18). The molecule has 1 rings (SSSR count). The summed E-state index contributed by atoms with van der Waals surface area (Å²) in [6.07, 6.45) is 1.71. The lowest BCUT2D eigenvalue weighted by Crippen LogP contribution is -2.44. The number of hydrogen-bond donors (Lipinski definition) is 2. The number of carboxylic acid groups (broad SMARTS) is 1. The predicted molar refractivity (Wildman–Crippen MR) is 70.7 cm³/mol. The van der Waals surface area contributed by atoms with Crippen LogP contribution in [0.3, 0.4) is 0 Å². The number of carbonyl (C=O) groups is 1. The Labute approximate surface area is 112 Å². The minimum Gasteiger partial charge on any atom is -0.493 e. The molecule has 19 heavy (non-hydrogen) atoms. The van der Waals surface area contributed by atoms with Crippen LogP contribution in [-0.2, 0) is 4.79 Å². The molecule has 0 aliphatic carbocycles. The Morgan fingerprint density at radius 3 is 2.74 bits per heavy atom. The summed E-state index contributed by atoms with van der Waals surface area (Å²) in [5.74, 6) is -0.816. The zero-order valence-electron chi connectivity index (χ0n) is 11.3. The van der Waals surface area contributed by atoms with Crippen molar-refractivity contribution in [2.75, 3.05) is 6.61 Å². The van der Waals surface area contributed by atoms with Gasteiger partial charge >= 0.3 is 5.97 Å². The molecule has 0 spiro atoms. The van der Waals surface area contributed by atoms with Gasteiger partial charge in [0.05, 0.1) is 6.61 Å². The maximum Gasteiger partial charge on any atom is 0.323 e. The topological polar surface area (TPSA) is 72.5 Å². The first-order valence-corrected chi connectivity index (χ1v) is 6.24. The summed E-state index contributed by atoms with van der Waals surface area (Å²) < 4.78 is 18.6. The van der Waals surface area contributed by atoms with E-state index in [4.69, 9.17) is 15.6 Å². The first-order valence-electron chi connectivity index (χ1n) is 6.24. The minimum absolute atomic E-state index is 0.294. The molecule has 1 unspecified atom stereocenters. The number of rotatable bonds is 7. The Hall–Kier alpha value is -1.62. The van der Waals surface area contributed by atoms with Crippen molar-refractivity contribution in [3.63, 3.8) is 0 Å². The van der Waals surface area contributed by atoms with E-state index in [0.29, 0.717) is 37.2 Å². The third kappa shape index (κ3) is 4.87. The second-order valence-electron chi connectivity index (χ2n) is 4.94. The van der Waals surface area contributed by atoms with Crippen LogP contribution in [0.5, 0.6) is 5.75 Å². The Kier molecular flexibility index (Phi) is 5.30. The second-order valence-corrected chi connectivity index (χ2v) is 4.94. The molecule has 0 aliphatic heterocycles. The van der Waals surface area contributed by atoms with E-state index in [-0.39, 0.29) is 5.82 Å². The van der Waals surface area contributed by atoms with Gasteiger partial charge in [-0.1, -0.05) is 6.07 Å². The molecule has 4 nitrogen and oxygen atoms in total. The van der Waals surface area contributed by atoms with Gasteiger partial charge in [-0.2, -0.15) is 0 Å². The highest BCUT2D eigenvalue weighted by Crippen LogP contribution is 2.17. The molecule has 3 N–H and O–H groups in total. The van der Waals surface area contributed by atoms with Crippen LogP contribution in [0.2, 0.25) is 0 Å². The molecule has 1 aromatic carbocycles. The third-order valence-corrected chi connectivity index (χ3v) is 2.99. The molecule has 0 bridgehead atoms. The molecular weight excluding hydrogens is 249 g/mol. The summed E-state index contributed by atoms with van der Waals surface area (Å²) in [5.41, 5.74) is 4.98. The summed E-state index contributed by atoms with van der Waals surface area (Å²) in [7, 11) is 0. The molecule has 0 amide bonds. The molecule has 0 saturated carbocycles. The monoisotopic (exact) mass is 269 g/mol. The number of carboxylic acids is 1. The van der Waals surface area contributed by atoms with Crippen LogP contribution in [0.25, 0.3) is 0 Å². The van der Waals surface area contributed by atoms with E-state index in [1.54, 1.807) is 19.1 Å². The van der Waals surface area contributed by atoms with Gasteiger partial charge in [0, 0.05) is 6.07 Å². The van der Waals surface area contributed by atoms with Crippen molar-refractivity contribution in [1.82, 2.24) is 0 Å². The highest BCUT2D eigenvalue weighted by atomic mass is 19.1. The highest BCUT2D eigenvalue weighted by molar-refractivity contribution is 5.77. The Morgan fingerprint density at radius 2 is 2.16 bits per heavy atom. The largest absolute Gasteiger partial charge is 0.493 e. The molecule has 0 aliphatic rings. The zero-order valence-corrected chi connectivity index (χ0v) is 11.3. The van der Waals surface area contributed by atoms with Gasteiger partial charge in [0.2, 0.25) is 0 Å². The fraction of sp³-hybridized carbons (Fsp3) is 0.500. The van der Waals surface area contributed by atoms with Gasteiger partial charge in [0.1, 0.15) is 17.1 Å². The Balaban J connectivity index is 2.28. The highest BCUT2D eigenvalue weighted by Gasteiger charge is 2.26. The van der Waals surface area contributed by atoms with Crippen LogP contribution in [0.4, 0.5) is 4.39 Å². The van der Waals surface area contributed by atoms with Crippen LogP contribution >= 0.6 is 0 Å². The fourth-order valence-electron chi connectivity index (χ4n) is 1.55. The predicted octanol–water partition coefficient (Wildman–Crippen LogP) is 2.49. The average Bonchev–Trinajstić information content (AvgIpc) is 2.33. The van der Waals surface area contributed by atoms with Gasteiger partial charge in [-0.05, 0) is 44.7 Å². The number of nitrogens with two attached hydrogens (primary N) is 1. The summed E-state index contributed by atoms with van der Waals surface area (Å²) in [4.78, 5) is 10.8. The van der Waals surface area contributed by atoms with Crippen LogP contribution in [0, 0.1) is 12.7 Å². The lowest BCUT2D eigenvalue weighted by molar-refractivity contribution is -0.142. The van der Waals surface area contributed by atoms with E-state index in [2.05, 4.69) is 0 Å². The number of halogens is 1. The number of hydrogen-bond acceptors (Lipinski definition) is 3. The van der Waals surface area contributed by atoms with Crippen molar-refractivity contribution >= 4 is 5.97 Å². The van der Waals surface area contributed by atoms with Crippen molar-refractivity contribution in [2.24, 2.45) is 5.73 Å². The third-order valence-electron chi connectivity index (χ3n) is 2.99. The molecule has 0 fully saturated rings. The first-order chi connectivity index (χ1) is 8.83. The summed E-state index contributed by atoms with van der Waals surface area (Å²) in [6.45, 7) is 3.59. The number of unbranched alkanes of at least 4 members (excludes halogenated alkanes) is 1. The number of ether oxygens (including phenoxy) is 1. The first kappa shape index (κ1) is 15.4. The SMILES string of the molecule is Cc1ccc(OCCCCC(C)(N)C(=O)O)cc1F. The number of aryl methyl sites for hydroxylation is 1. The van der Waals surface area contributed by atoms with E-state index < -0.39 is 11.5 Å². The maximum atomic E-state index is 13.2. The van der Waals surface area contributed by atoms with Crippen molar-refractivity contribution < 1.29 is 19.0 Å². The lowest BCUT2D eigenvalue weighted by atomic mass is 9.97. The Morgan fingerprint density at radius 1 is 1.47 bits per heavy atom. The van der Waals surface area contributed by atoms with Gasteiger partial charge < -0.3 is 15.6 Å². The maximum absolute atomic E-state index is 13.2. The molecule has 1 aromatic rings. The fourth-order valence-corrected chi connectivity index (χ4v) is 1.55. The molecular formula is C14H20FNO3. The molecule has 0 radical (unpaired) electrons. The van der Waals surface area contributed by atoms with E-state index in [0.717, 1.165) is 0 Å². The molecule has 106 valence electrons. The van der Waals surface area contributed by atoms with E-state index in [9.17, 15) is 9.18 Å². The van der Waals surface area contributed by atoms with Gasteiger partial charge in [-0.3, -0.25) is 4.79 Å². The number of aliphatic carboxylic acids is 1. The normalized spacial score (nSPS) is 13.9. The zero-order chi connectivity index (χ0) is 14.5. The van der Waals surface area contributed by atoms with Crippen molar-refractivity contribution in [3.05, 3.63) is 29.6 Å². The molecule has 1 atom stereocenters.